The normalized spacial score (nSPS) is 18.4. The molecule has 2 saturated heterocycles. The summed E-state index contributed by atoms with van der Waals surface area (Å²) in [6.45, 7) is 4.20. The van der Waals surface area contributed by atoms with Gasteiger partial charge in [-0.25, -0.2) is 8.42 Å². The molecule has 4 rings (SSSR count). The lowest BCUT2D eigenvalue weighted by Gasteiger charge is -2.34. The fourth-order valence-corrected chi connectivity index (χ4v) is 6.22. The number of carbonyl (C=O) groups is 2. The Morgan fingerprint density at radius 3 is 2.63 bits per heavy atom. The van der Waals surface area contributed by atoms with Gasteiger partial charge in [-0.15, -0.1) is 0 Å². The monoisotopic (exact) mass is 448 g/mol. The van der Waals surface area contributed by atoms with Gasteiger partial charge in [-0.05, 0) is 24.6 Å². The second-order valence-electron chi connectivity index (χ2n) is 7.48. The Morgan fingerprint density at radius 2 is 1.93 bits per heavy atom. The Bertz CT molecular complexity index is 1080. The summed E-state index contributed by atoms with van der Waals surface area (Å²) in [6.07, 6.45) is 1.94. The quantitative estimate of drug-likeness (QED) is 0.694. The molecule has 2 aliphatic heterocycles. The average molecular weight is 449 g/mol. The summed E-state index contributed by atoms with van der Waals surface area (Å²) in [7, 11) is -3.71. The lowest BCUT2D eigenvalue weighted by molar-refractivity contribution is -0.132. The van der Waals surface area contributed by atoms with Crippen LogP contribution < -0.4 is 0 Å². The van der Waals surface area contributed by atoms with Gasteiger partial charge >= 0.3 is 0 Å². The summed E-state index contributed by atoms with van der Waals surface area (Å²) < 4.78 is 27.9. The molecule has 30 heavy (non-hydrogen) atoms. The third-order valence-corrected chi connectivity index (χ3v) is 8.28. The van der Waals surface area contributed by atoms with Crippen LogP contribution in [0.4, 0.5) is 4.79 Å². The van der Waals surface area contributed by atoms with Gasteiger partial charge in [0, 0.05) is 63.0 Å². The zero-order valence-corrected chi connectivity index (χ0v) is 18.4. The van der Waals surface area contributed by atoms with Crippen molar-refractivity contribution in [2.45, 2.75) is 18.2 Å². The van der Waals surface area contributed by atoms with Crippen LogP contribution in [-0.2, 0) is 14.8 Å². The van der Waals surface area contributed by atoms with E-state index in [2.05, 4.69) is 4.98 Å². The summed E-state index contributed by atoms with van der Waals surface area (Å²) in [5, 5.41) is 0.817. The number of sulfonamides is 1. The number of thioether (sulfide) groups is 1. The summed E-state index contributed by atoms with van der Waals surface area (Å²) in [5.74, 6) is 0.727. The van der Waals surface area contributed by atoms with Crippen molar-refractivity contribution in [3.05, 3.63) is 36.0 Å². The molecule has 0 unspecified atom stereocenters. The van der Waals surface area contributed by atoms with Crippen LogP contribution in [-0.4, -0.2) is 83.7 Å². The van der Waals surface area contributed by atoms with Gasteiger partial charge in [0.25, 0.3) is 5.24 Å². The summed E-state index contributed by atoms with van der Waals surface area (Å²) in [5.41, 5.74) is 1.44. The van der Waals surface area contributed by atoms with Crippen molar-refractivity contribution < 1.29 is 18.0 Å². The first-order valence-corrected chi connectivity index (χ1v) is 12.3. The molecule has 2 fully saturated rings. The molecular formula is C20H24N4O4S2. The summed E-state index contributed by atoms with van der Waals surface area (Å²) >= 11 is 1.28. The molecular weight excluding hydrogens is 424 g/mol. The molecule has 0 aliphatic carbocycles. The topological polar surface area (TPSA) is 90.9 Å². The number of fused-ring (bicyclic) bond motifs is 1. The maximum absolute atomic E-state index is 13.2. The maximum atomic E-state index is 13.2. The molecule has 0 N–H and O–H groups in total. The first-order chi connectivity index (χ1) is 14.4. The second-order valence-corrected chi connectivity index (χ2v) is 10.4. The van der Waals surface area contributed by atoms with Gasteiger partial charge in [-0.2, -0.15) is 4.31 Å². The van der Waals surface area contributed by atoms with Crippen LogP contribution >= 0.6 is 11.8 Å². The average Bonchev–Trinajstić information content (AvgIpc) is 3.16. The van der Waals surface area contributed by atoms with Gasteiger partial charge in [0.1, 0.15) is 4.90 Å². The molecule has 10 heteroatoms. The minimum absolute atomic E-state index is 0.0256. The summed E-state index contributed by atoms with van der Waals surface area (Å²) in [6, 6.07) is 7.09. The van der Waals surface area contributed by atoms with E-state index in [4.69, 9.17) is 0 Å². The van der Waals surface area contributed by atoms with E-state index in [0.717, 1.165) is 16.7 Å². The molecule has 0 saturated carbocycles. The number of para-hydroxylation sites is 1. The fourth-order valence-electron chi connectivity index (χ4n) is 3.79. The SMILES string of the molecule is Cc1cnc2c(S(=O)(=O)N3CCN(C(=O)CCN4CCSC4=O)CC3)cccc2c1. The predicted molar refractivity (Wildman–Crippen MR) is 116 cm³/mol. The largest absolute Gasteiger partial charge is 0.340 e. The minimum atomic E-state index is -3.71. The van der Waals surface area contributed by atoms with Gasteiger partial charge in [0.05, 0.1) is 5.52 Å². The Hall–Kier alpha value is -2.17. The number of nitrogens with zero attached hydrogens (tertiary/aromatic N) is 4. The number of aromatic nitrogens is 1. The molecule has 0 atom stereocenters. The van der Waals surface area contributed by atoms with Gasteiger partial charge < -0.3 is 9.80 Å². The lowest BCUT2D eigenvalue weighted by atomic mass is 10.2. The third kappa shape index (κ3) is 4.17. The van der Waals surface area contributed by atoms with Crippen molar-refractivity contribution >= 4 is 43.8 Å². The van der Waals surface area contributed by atoms with Crippen molar-refractivity contribution in [3.63, 3.8) is 0 Å². The van der Waals surface area contributed by atoms with Crippen LogP contribution in [0.3, 0.4) is 0 Å². The van der Waals surface area contributed by atoms with Gasteiger partial charge in [-0.1, -0.05) is 23.9 Å². The second kappa shape index (κ2) is 8.52. The van der Waals surface area contributed by atoms with Crippen molar-refractivity contribution in [1.82, 2.24) is 19.1 Å². The van der Waals surface area contributed by atoms with E-state index in [0.29, 0.717) is 31.7 Å². The maximum Gasteiger partial charge on any atom is 0.281 e. The Labute approximate surface area is 180 Å². The first-order valence-electron chi connectivity index (χ1n) is 9.91. The van der Waals surface area contributed by atoms with Gasteiger partial charge in [0.2, 0.25) is 15.9 Å². The molecule has 2 aliphatic rings. The van der Waals surface area contributed by atoms with Crippen LogP contribution in [0.5, 0.6) is 0 Å². The zero-order chi connectivity index (χ0) is 21.3. The molecule has 2 aromatic rings. The standard InChI is InChI=1S/C20H24N4O4S2/c1-15-13-16-3-2-4-17(19(16)21-14-15)30(27,28)24-9-7-22(8-10-24)18(25)5-6-23-11-12-29-20(23)26/h2-4,13-14H,5-12H2,1H3. The zero-order valence-electron chi connectivity index (χ0n) is 16.8. The number of aryl methyl sites for hydroxylation is 1. The molecule has 1 aromatic carbocycles. The fraction of sp³-hybridized carbons (Fsp3) is 0.450. The molecule has 1 aromatic heterocycles. The number of pyridine rings is 1. The Balaban J connectivity index is 1.41. The van der Waals surface area contributed by atoms with Crippen LogP contribution in [0.15, 0.2) is 35.4 Å². The number of rotatable bonds is 5. The van der Waals surface area contributed by atoms with Crippen LogP contribution in [0.1, 0.15) is 12.0 Å². The smallest absolute Gasteiger partial charge is 0.281 e. The number of piperazine rings is 1. The number of carbonyl (C=O) groups excluding carboxylic acids is 2. The number of hydrogen-bond donors (Lipinski definition) is 0. The van der Waals surface area contributed by atoms with Crippen LogP contribution in [0.25, 0.3) is 10.9 Å². The minimum Gasteiger partial charge on any atom is -0.340 e. The predicted octanol–water partition coefficient (Wildman–Crippen LogP) is 1.94. The third-order valence-electron chi connectivity index (χ3n) is 5.46. The van der Waals surface area contributed by atoms with Crippen molar-refractivity contribution in [2.24, 2.45) is 0 Å². The van der Waals surface area contributed by atoms with Crippen molar-refractivity contribution in [1.29, 1.82) is 0 Å². The highest BCUT2D eigenvalue weighted by molar-refractivity contribution is 8.13. The number of benzene rings is 1. The van der Waals surface area contributed by atoms with Gasteiger partial charge in [-0.3, -0.25) is 14.6 Å². The van der Waals surface area contributed by atoms with Crippen molar-refractivity contribution in [3.8, 4) is 0 Å². The number of hydrogen-bond acceptors (Lipinski definition) is 6. The van der Waals surface area contributed by atoms with E-state index in [1.54, 1.807) is 28.1 Å². The lowest BCUT2D eigenvalue weighted by Crippen LogP contribution is -2.50. The Kier molecular flexibility index (Phi) is 5.99. The highest BCUT2D eigenvalue weighted by atomic mass is 32.2. The van der Waals surface area contributed by atoms with E-state index in [1.807, 2.05) is 19.1 Å². The van der Waals surface area contributed by atoms with E-state index in [1.165, 1.54) is 16.1 Å². The molecule has 0 bridgehead atoms. The van der Waals surface area contributed by atoms with E-state index >= 15 is 0 Å². The molecule has 0 spiro atoms. The van der Waals surface area contributed by atoms with Gasteiger partial charge in [0.15, 0.2) is 0 Å². The van der Waals surface area contributed by atoms with E-state index < -0.39 is 10.0 Å². The first kappa shape index (κ1) is 21.1. The summed E-state index contributed by atoms with van der Waals surface area (Å²) in [4.78, 5) is 32.1. The number of amides is 2. The molecule has 8 nitrogen and oxygen atoms in total. The van der Waals surface area contributed by atoms with Crippen LogP contribution in [0, 0.1) is 6.92 Å². The van der Waals surface area contributed by atoms with Crippen LogP contribution in [0.2, 0.25) is 0 Å². The molecule has 160 valence electrons. The van der Waals surface area contributed by atoms with Crippen molar-refractivity contribution in [2.75, 3.05) is 45.0 Å². The highest BCUT2D eigenvalue weighted by Crippen LogP contribution is 2.25. The molecule has 0 radical (unpaired) electrons. The molecule has 3 heterocycles. The highest BCUT2D eigenvalue weighted by Gasteiger charge is 2.32. The molecule has 2 amide bonds. The Morgan fingerprint density at radius 1 is 1.17 bits per heavy atom. The van der Waals surface area contributed by atoms with E-state index in [-0.39, 0.29) is 35.6 Å². The van der Waals surface area contributed by atoms with E-state index in [9.17, 15) is 18.0 Å².